The molecule has 1 N–H and O–H groups in total. The van der Waals surface area contributed by atoms with Gasteiger partial charge in [-0.2, -0.15) is 13.2 Å². The third-order valence-corrected chi connectivity index (χ3v) is 5.17. The zero-order valence-corrected chi connectivity index (χ0v) is 18.1. The number of anilines is 1. The number of rotatable bonds is 5. The normalized spacial score (nSPS) is 13.9. The van der Waals surface area contributed by atoms with Crippen LogP contribution in [0.5, 0.6) is 17.4 Å². The van der Waals surface area contributed by atoms with Crippen LogP contribution >= 0.6 is 0 Å². The predicted octanol–water partition coefficient (Wildman–Crippen LogP) is 4.31. The molecule has 3 heterocycles. The van der Waals surface area contributed by atoms with Gasteiger partial charge in [-0.05, 0) is 42.5 Å². The molecule has 0 spiro atoms. The highest BCUT2D eigenvalue weighted by atomic mass is 19.4. The minimum atomic E-state index is -4.48. The predicted molar refractivity (Wildman–Crippen MR) is 117 cm³/mol. The summed E-state index contributed by atoms with van der Waals surface area (Å²) < 4.78 is 48.7. The van der Waals surface area contributed by atoms with E-state index < -0.39 is 23.8 Å². The van der Waals surface area contributed by atoms with Gasteiger partial charge in [-0.3, -0.25) is 0 Å². The fourth-order valence-electron chi connectivity index (χ4n) is 3.29. The van der Waals surface area contributed by atoms with Crippen LogP contribution in [0.4, 0.5) is 23.8 Å². The zero-order chi connectivity index (χ0) is 25.0. The van der Waals surface area contributed by atoms with Gasteiger partial charge in [0.1, 0.15) is 17.3 Å². The van der Waals surface area contributed by atoms with Crippen molar-refractivity contribution in [2.24, 2.45) is 0 Å². The van der Waals surface area contributed by atoms with Gasteiger partial charge in [-0.25, -0.2) is 19.6 Å². The fraction of sp³-hybridized carbons (Fsp3) is 0.217. The maximum atomic E-state index is 12.6. The topological polar surface area (TPSA) is 105 Å². The number of benzene rings is 1. The number of carbonyl (C=O) groups excluding carboxylic acids is 1. The number of ether oxygens (including phenoxy) is 2. The number of aromatic carboxylic acids is 1. The fourth-order valence-corrected chi connectivity index (χ4v) is 3.29. The van der Waals surface area contributed by atoms with Crippen molar-refractivity contribution in [2.45, 2.75) is 6.18 Å². The second-order valence-electron chi connectivity index (χ2n) is 7.51. The molecule has 12 heteroatoms. The minimum Gasteiger partial charge on any atom is -0.478 e. The summed E-state index contributed by atoms with van der Waals surface area (Å²) in [5.74, 6) is 0.157. The van der Waals surface area contributed by atoms with Crippen molar-refractivity contribution in [3.05, 3.63) is 72.1 Å². The molecule has 1 aliphatic rings. The first-order valence-electron chi connectivity index (χ1n) is 10.4. The summed E-state index contributed by atoms with van der Waals surface area (Å²) in [6.45, 7) is 1.78. The number of nitrogens with zero attached hydrogens (tertiary/aromatic N) is 4. The standard InChI is InChI=1S/C23H19F3N4O5/c24-23(25,26)16-2-8-20(28-14-16)34-17-3-5-18(6-4-17)35-22(33)30-11-9-29(10-12-30)19-7-1-15(13-27-19)21(31)32/h1-8,13-14H,9-12H2,(H,31,32). The Morgan fingerprint density at radius 1 is 0.857 bits per heavy atom. The van der Waals surface area contributed by atoms with Gasteiger partial charge in [0.05, 0.1) is 11.1 Å². The van der Waals surface area contributed by atoms with Gasteiger partial charge < -0.3 is 24.4 Å². The van der Waals surface area contributed by atoms with E-state index in [0.29, 0.717) is 43.9 Å². The number of pyridine rings is 2. The number of halogens is 3. The zero-order valence-electron chi connectivity index (χ0n) is 18.1. The molecule has 2 aromatic heterocycles. The molecule has 1 aromatic carbocycles. The molecule has 35 heavy (non-hydrogen) atoms. The van der Waals surface area contributed by atoms with Gasteiger partial charge in [-0.1, -0.05) is 0 Å². The van der Waals surface area contributed by atoms with Crippen LogP contribution in [0.25, 0.3) is 0 Å². The van der Waals surface area contributed by atoms with E-state index in [9.17, 15) is 22.8 Å². The molecule has 1 amide bonds. The number of carboxylic acid groups (broad SMARTS) is 1. The van der Waals surface area contributed by atoms with Crippen molar-refractivity contribution < 1.29 is 37.3 Å². The Morgan fingerprint density at radius 3 is 2.09 bits per heavy atom. The molecule has 4 rings (SSSR count). The second-order valence-corrected chi connectivity index (χ2v) is 7.51. The first-order valence-corrected chi connectivity index (χ1v) is 10.4. The van der Waals surface area contributed by atoms with Gasteiger partial charge in [0.15, 0.2) is 0 Å². The molecule has 3 aromatic rings. The van der Waals surface area contributed by atoms with Crippen molar-refractivity contribution in [2.75, 3.05) is 31.1 Å². The van der Waals surface area contributed by atoms with Crippen LogP contribution in [-0.4, -0.2) is 58.2 Å². The summed E-state index contributed by atoms with van der Waals surface area (Å²) in [5.41, 5.74) is -0.775. The second kappa shape index (κ2) is 9.87. The Bertz CT molecular complexity index is 1180. The Labute approximate surface area is 197 Å². The number of piperazine rings is 1. The van der Waals surface area contributed by atoms with Gasteiger partial charge >= 0.3 is 18.2 Å². The molecule has 0 aliphatic carbocycles. The lowest BCUT2D eigenvalue weighted by molar-refractivity contribution is -0.137. The summed E-state index contributed by atoms with van der Waals surface area (Å²) >= 11 is 0. The van der Waals surface area contributed by atoms with E-state index in [1.54, 1.807) is 11.0 Å². The average molecular weight is 488 g/mol. The van der Waals surface area contributed by atoms with Gasteiger partial charge in [-0.15, -0.1) is 0 Å². The Morgan fingerprint density at radius 2 is 1.54 bits per heavy atom. The minimum absolute atomic E-state index is 0.00675. The lowest BCUT2D eigenvalue weighted by Gasteiger charge is -2.34. The molecule has 0 bridgehead atoms. The average Bonchev–Trinajstić information content (AvgIpc) is 2.85. The maximum Gasteiger partial charge on any atom is 0.417 e. The number of carboxylic acids is 1. The molecule has 182 valence electrons. The number of carbonyl (C=O) groups is 2. The highest BCUT2D eigenvalue weighted by molar-refractivity contribution is 5.87. The van der Waals surface area contributed by atoms with E-state index in [-0.39, 0.29) is 17.2 Å². The van der Waals surface area contributed by atoms with Gasteiger partial charge in [0.25, 0.3) is 0 Å². The summed E-state index contributed by atoms with van der Waals surface area (Å²) in [4.78, 5) is 34.7. The SMILES string of the molecule is O=C(O)c1ccc(N2CCN(C(=O)Oc3ccc(Oc4ccc(C(F)(F)F)cn4)cc3)CC2)nc1. The third kappa shape index (κ3) is 5.96. The molecule has 0 unspecified atom stereocenters. The van der Waals surface area contributed by atoms with E-state index in [2.05, 4.69) is 9.97 Å². The lowest BCUT2D eigenvalue weighted by atomic mass is 10.2. The summed E-state index contributed by atoms with van der Waals surface area (Å²) in [6.07, 6.45) is -3.03. The van der Waals surface area contributed by atoms with Crippen molar-refractivity contribution >= 4 is 17.9 Å². The van der Waals surface area contributed by atoms with Gasteiger partial charge in [0, 0.05) is 44.6 Å². The number of hydrogen-bond donors (Lipinski definition) is 1. The highest BCUT2D eigenvalue weighted by Crippen LogP contribution is 2.30. The molecular weight excluding hydrogens is 469 g/mol. The monoisotopic (exact) mass is 488 g/mol. The smallest absolute Gasteiger partial charge is 0.417 e. The summed E-state index contributed by atoms with van der Waals surface area (Å²) in [7, 11) is 0. The van der Waals surface area contributed by atoms with Crippen LogP contribution in [0.15, 0.2) is 60.9 Å². The molecule has 1 aliphatic heterocycles. The molecular formula is C23H19F3N4O5. The van der Waals surface area contributed by atoms with Crippen molar-refractivity contribution in [1.82, 2.24) is 14.9 Å². The first-order chi connectivity index (χ1) is 16.7. The lowest BCUT2D eigenvalue weighted by Crippen LogP contribution is -2.49. The van der Waals surface area contributed by atoms with Crippen molar-refractivity contribution in [3.8, 4) is 17.4 Å². The van der Waals surface area contributed by atoms with Crippen LogP contribution in [-0.2, 0) is 6.18 Å². The Kier molecular flexibility index (Phi) is 6.71. The van der Waals surface area contributed by atoms with Crippen LogP contribution in [0, 0.1) is 0 Å². The van der Waals surface area contributed by atoms with Crippen LogP contribution in [0.1, 0.15) is 15.9 Å². The molecule has 1 saturated heterocycles. The number of amides is 1. The largest absolute Gasteiger partial charge is 0.478 e. The van der Waals surface area contributed by atoms with E-state index in [4.69, 9.17) is 14.6 Å². The Hall–Kier alpha value is -4.35. The molecule has 9 nitrogen and oxygen atoms in total. The molecule has 0 radical (unpaired) electrons. The maximum absolute atomic E-state index is 12.6. The third-order valence-electron chi connectivity index (χ3n) is 5.17. The van der Waals surface area contributed by atoms with Crippen LogP contribution < -0.4 is 14.4 Å². The Balaban J connectivity index is 1.27. The molecule has 0 saturated carbocycles. The summed E-state index contributed by atoms with van der Waals surface area (Å²) in [5, 5.41) is 8.96. The number of alkyl halides is 3. The quantitative estimate of drug-likeness (QED) is 0.567. The first kappa shape index (κ1) is 23.8. The van der Waals surface area contributed by atoms with Gasteiger partial charge in [0.2, 0.25) is 5.88 Å². The molecule has 0 atom stereocenters. The highest BCUT2D eigenvalue weighted by Gasteiger charge is 2.30. The van der Waals surface area contributed by atoms with E-state index in [0.717, 1.165) is 12.1 Å². The van der Waals surface area contributed by atoms with Crippen molar-refractivity contribution in [1.29, 1.82) is 0 Å². The number of aromatic nitrogens is 2. The van der Waals surface area contributed by atoms with E-state index in [1.807, 2.05) is 4.90 Å². The number of hydrogen-bond acceptors (Lipinski definition) is 7. The van der Waals surface area contributed by atoms with Crippen molar-refractivity contribution in [3.63, 3.8) is 0 Å². The molecule has 1 fully saturated rings. The van der Waals surface area contributed by atoms with Crippen LogP contribution in [0.2, 0.25) is 0 Å². The van der Waals surface area contributed by atoms with Crippen LogP contribution in [0.3, 0.4) is 0 Å². The summed E-state index contributed by atoms with van der Waals surface area (Å²) in [6, 6.07) is 11.1. The van der Waals surface area contributed by atoms with E-state index in [1.165, 1.54) is 36.5 Å². The van der Waals surface area contributed by atoms with E-state index >= 15 is 0 Å².